The van der Waals surface area contributed by atoms with Gasteiger partial charge in [0.2, 0.25) is 0 Å². The van der Waals surface area contributed by atoms with Gasteiger partial charge in [0.1, 0.15) is 0 Å². The first-order chi connectivity index (χ1) is 11.3. The van der Waals surface area contributed by atoms with Crippen molar-refractivity contribution in [1.29, 1.82) is 0 Å². The standard InChI is InChI=1S/C18H28N4O.HI/c1-14-11-16-5-3-4-6-17(16)22(14)9-8-20-18(19-2)21-12-15-7-10-23-13-15;/h3-6,14-15H,7-13H2,1-2H3,(H2,19,20,21);1H. The lowest BCUT2D eigenvalue weighted by atomic mass is 10.1. The summed E-state index contributed by atoms with van der Waals surface area (Å²) in [4.78, 5) is 6.80. The Labute approximate surface area is 162 Å². The molecule has 24 heavy (non-hydrogen) atoms. The number of hydrogen-bond donors (Lipinski definition) is 2. The van der Waals surface area contributed by atoms with Gasteiger partial charge in [-0.05, 0) is 31.4 Å². The molecule has 2 aliphatic rings. The van der Waals surface area contributed by atoms with E-state index in [2.05, 4.69) is 51.7 Å². The van der Waals surface area contributed by atoms with Crippen LogP contribution in [-0.2, 0) is 11.2 Å². The molecule has 1 aromatic rings. The fraction of sp³-hybridized carbons (Fsp3) is 0.611. The van der Waals surface area contributed by atoms with E-state index in [-0.39, 0.29) is 24.0 Å². The summed E-state index contributed by atoms with van der Waals surface area (Å²) in [6.07, 6.45) is 2.29. The van der Waals surface area contributed by atoms with E-state index in [1.54, 1.807) is 0 Å². The highest BCUT2D eigenvalue weighted by atomic mass is 127. The molecule has 0 spiro atoms. The van der Waals surface area contributed by atoms with Gasteiger partial charge in [0.15, 0.2) is 5.96 Å². The van der Waals surface area contributed by atoms with Crippen LogP contribution in [0.5, 0.6) is 0 Å². The van der Waals surface area contributed by atoms with E-state index in [1.807, 2.05) is 7.05 Å². The van der Waals surface area contributed by atoms with Gasteiger partial charge in [-0.2, -0.15) is 0 Å². The molecule has 5 nitrogen and oxygen atoms in total. The first kappa shape index (κ1) is 19.3. The summed E-state index contributed by atoms with van der Waals surface area (Å²) in [6, 6.07) is 9.29. The Hall–Kier alpha value is -1.02. The minimum absolute atomic E-state index is 0. The largest absolute Gasteiger partial charge is 0.381 e. The number of aliphatic imine (C=N–C) groups is 1. The normalized spacial score (nSPS) is 22.9. The molecule has 0 aliphatic carbocycles. The smallest absolute Gasteiger partial charge is 0.191 e. The predicted octanol–water partition coefficient (Wildman–Crippen LogP) is 2.26. The molecule has 6 heteroatoms. The van der Waals surface area contributed by atoms with Crippen LogP contribution in [-0.4, -0.2) is 51.9 Å². The van der Waals surface area contributed by atoms with Crippen molar-refractivity contribution in [2.45, 2.75) is 25.8 Å². The summed E-state index contributed by atoms with van der Waals surface area (Å²) < 4.78 is 5.41. The molecule has 2 aliphatic heterocycles. The number of nitrogens with zero attached hydrogens (tertiary/aromatic N) is 2. The van der Waals surface area contributed by atoms with Crippen LogP contribution in [0.25, 0.3) is 0 Å². The van der Waals surface area contributed by atoms with Crippen molar-refractivity contribution in [2.24, 2.45) is 10.9 Å². The summed E-state index contributed by atoms with van der Waals surface area (Å²) in [5, 5.41) is 6.84. The molecule has 0 amide bonds. The minimum Gasteiger partial charge on any atom is -0.381 e. The molecular formula is C18H29IN4O. The third kappa shape index (κ3) is 4.75. The molecule has 0 aromatic heterocycles. The Kier molecular flexibility index (Phi) is 7.61. The van der Waals surface area contributed by atoms with Crippen LogP contribution in [0.2, 0.25) is 0 Å². The van der Waals surface area contributed by atoms with Crippen LogP contribution < -0.4 is 15.5 Å². The highest BCUT2D eigenvalue weighted by Gasteiger charge is 2.24. The topological polar surface area (TPSA) is 48.9 Å². The molecule has 1 aromatic carbocycles. The fourth-order valence-electron chi connectivity index (χ4n) is 3.47. The maximum Gasteiger partial charge on any atom is 0.191 e. The first-order valence-corrected chi connectivity index (χ1v) is 8.64. The van der Waals surface area contributed by atoms with Crippen LogP contribution in [0.4, 0.5) is 5.69 Å². The first-order valence-electron chi connectivity index (χ1n) is 8.64. The average Bonchev–Trinajstić information content (AvgIpc) is 3.18. The summed E-state index contributed by atoms with van der Waals surface area (Å²) in [5.41, 5.74) is 2.84. The Morgan fingerprint density at radius 3 is 2.92 bits per heavy atom. The quantitative estimate of drug-likeness (QED) is 0.416. The number of fused-ring (bicyclic) bond motifs is 1. The predicted molar refractivity (Wildman–Crippen MR) is 111 cm³/mol. The molecule has 1 saturated heterocycles. The number of halogens is 1. The number of para-hydroxylation sites is 1. The zero-order valence-corrected chi connectivity index (χ0v) is 17.0. The lowest BCUT2D eigenvalue weighted by Crippen LogP contribution is -2.44. The summed E-state index contributed by atoms with van der Waals surface area (Å²) in [7, 11) is 1.83. The number of guanidine groups is 1. The van der Waals surface area contributed by atoms with Gasteiger partial charge in [-0.3, -0.25) is 4.99 Å². The van der Waals surface area contributed by atoms with Crippen molar-refractivity contribution in [1.82, 2.24) is 10.6 Å². The second kappa shape index (κ2) is 9.46. The van der Waals surface area contributed by atoms with Crippen molar-refractivity contribution in [3.8, 4) is 0 Å². The van der Waals surface area contributed by atoms with Crippen LogP contribution in [0.15, 0.2) is 29.3 Å². The maximum atomic E-state index is 5.41. The lowest BCUT2D eigenvalue weighted by Gasteiger charge is -2.25. The van der Waals surface area contributed by atoms with E-state index in [4.69, 9.17) is 4.74 Å². The van der Waals surface area contributed by atoms with Gasteiger partial charge in [-0.15, -0.1) is 24.0 Å². The number of anilines is 1. The van der Waals surface area contributed by atoms with Gasteiger partial charge in [-0.25, -0.2) is 0 Å². The van der Waals surface area contributed by atoms with E-state index in [9.17, 15) is 0 Å². The molecule has 1 fully saturated rings. The molecule has 2 N–H and O–H groups in total. The van der Waals surface area contributed by atoms with Gasteiger partial charge >= 0.3 is 0 Å². The van der Waals surface area contributed by atoms with Crippen LogP contribution in [0.1, 0.15) is 18.9 Å². The molecule has 2 heterocycles. The fourth-order valence-corrected chi connectivity index (χ4v) is 3.47. The molecule has 2 unspecified atom stereocenters. The van der Waals surface area contributed by atoms with Gasteiger partial charge in [0, 0.05) is 50.9 Å². The summed E-state index contributed by atoms with van der Waals surface area (Å²) in [5.74, 6) is 1.50. The summed E-state index contributed by atoms with van der Waals surface area (Å²) in [6.45, 7) is 6.87. The Balaban J connectivity index is 0.00000208. The van der Waals surface area contributed by atoms with E-state index in [1.165, 1.54) is 11.3 Å². The monoisotopic (exact) mass is 444 g/mol. The Morgan fingerprint density at radius 2 is 2.17 bits per heavy atom. The molecule has 0 bridgehead atoms. The number of nitrogens with one attached hydrogen (secondary N) is 2. The van der Waals surface area contributed by atoms with Crippen molar-refractivity contribution in [2.75, 3.05) is 44.8 Å². The maximum absolute atomic E-state index is 5.41. The third-order valence-corrected chi connectivity index (χ3v) is 4.80. The Bertz CT molecular complexity index is 546. The SMILES string of the molecule is CN=C(NCCN1c2ccccc2CC1C)NCC1CCOC1.I. The van der Waals surface area contributed by atoms with Crippen molar-refractivity contribution in [3.05, 3.63) is 29.8 Å². The van der Waals surface area contributed by atoms with E-state index in [0.717, 1.165) is 51.6 Å². The number of ether oxygens (including phenoxy) is 1. The van der Waals surface area contributed by atoms with Gasteiger partial charge in [0.05, 0.1) is 6.61 Å². The van der Waals surface area contributed by atoms with Crippen LogP contribution in [0, 0.1) is 5.92 Å². The van der Waals surface area contributed by atoms with E-state index in [0.29, 0.717) is 12.0 Å². The molecule has 0 radical (unpaired) electrons. The zero-order chi connectivity index (χ0) is 16.1. The number of rotatable bonds is 5. The molecule has 134 valence electrons. The highest BCUT2D eigenvalue weighted by Crippen LogP contribution is 2.31. The van der Waals surface area contributed by atoms with Crippen LogP contribution in [0.3, 0.4) is 0 Å². The number of hydrogen-bond acceptors (Lipinski definition) is 3. The molecule has 2 atom stereocenters. The van der Waals surface area contributed by atoms with Crippen LogP contribution >= 0.6 is 24.0 Å². The third-order valence-electron chi connectivity index (χ3n) is 4.80. The highest BCUT2D eigenvalue weighted by molar-refractivity contribution is 14.0. The lowest BCUT2D eigenvalue weighted by molar-refractivity contribution is 0.186. The van der Waals surface area contributed by atoms with E-state index >= 15 is 0 Å². The zero-order valence-electron chi connectivity index (χ0n) is 14.6. The molecule has 0 saturated carbocycles. The number of benzene rings is 1. The second-order valence-electron chi connectivity index (χ2n) is 6.48. The minimum atomic E-state index is 0. The molecular weight excluding hydrogens is 415 g/mol. The van der Waals surface area contributed by atoms with Gasteiger partial charge in [-0.1, -0.05) is 18.2 Å². The van der Waals surface area contributed by atoms with Gasteiger partial charge < -0.3 is 20.3 Å². The van der Waals surface area contributed by atoms with Crippen molar-refractivity contribution >= 4 is 35.6 Å². The second-order valence-corrected chi connectivity index (χ2v) is 6.48. The average molecular weight is 444 g/mol. The molecule has 3 rings (SSSR count). The Morgan fingerprint density at radius 1 is 1.33 bits per heavy atom. The summed E-state index contributed by atoms with van der Waals surface area (Å²) >= 11 is 0. The van der Waals surface area contributed by atoms with Crippen molar-refractivity contribution < 1.29 is 4.74 Å². The van der Waals surface area contributed by atoms with E-state index < -0.39 is 0 Å². The van der Waals surface area contributed by atoms with Crippen molar-refractivity contribution in [3.63, 3.8) is 0 Å². The van der Waals surface area contributed by atoms with Gasteiger partial charge in [0.25, 0.3) is 0 Å².